The van der Waals surface area contributed by atoms with Gasteiger partial charge in [-0.2, -0.15) is 0 Å². The topological polar surface area (TPSA) is 75.3 Å². The van der Waals surface area contributed by atoms with E-state index in [1.807, 2.05) is 0 Å². The number of hydrogen-bond acceptors (Lipinski definition) is 3. The van der Waals surface area contributed by atoms with E-state index in [1.165, 1.54) is 37.5 Å². The number of anilines is 1. The quantitative estimate of drug-likeness (QED) is 0.789. The predicted molar refractivity (Wildman–Crippen MR) is 105 cm³/mol. The number of halogens is 1. The molecule has 2 aliphatic carbocycles. The van der Waals surface area contributed by atoms with Crippen LogP contribution in [0.25, 0.3) is 0 Å². The molecule has 3 atom stereocenters. The Kier molecular flexibility index (Phi) is 4.86. The van der Waals surface area contributed by atoms with Gasteiger partial charge >= 0.3 is 0 Å². The fraction of sp³-hybridized carbons (Fsp3) is 0.350. The van der Waals surface area contributed by atoms with Crippen molar-refractivity contribution in [1.82, 2.24) is 5.32 Å². The Balaban J connectivity index is 1.47. The van der Waals surface area contributed by atoms with E-state index < -0.39 is 10.0 Å². The van der Waals surface area contributed by atoms with Gasteiger partial charge in [0.15, 0.2) is 0 Å². The van der Waals surface area contributed by atoms with Crippen LogP contribution in [0, 0.1) is 11.8 Å². The number of benzene rings is 2. The van der Waals surface area contributed by atoms with Crippen molar-refractivity contribution in [3.05, 3.63) is 59.1 Å². The van der Waals surface area contributed by atoms with Crippen LogP contribution in [0.2, 0.25) is 5.02 Å². The Morgan fingerprint density at radius 1 is 1.04 bits per heavy atom. The summed E-state index contributed by atoms with van der Waals surface area (Å²) in [6.07, 6.45) is 4.71. The molecule has 7 heteroatoms. The minimum atomic E-state index is -3.70. The van der Waals surface area contributed by atoms with Crippen molar-refractivity contribution < 1.29 is 13.2 Å². The lowest BCUT2D eigenvalue weighted by Crippen LogP contribution is -2.38. The number of carbonyl (C=O) groups is 1. The number of amides is 1. The maximum Gasteiger partial charge on any atom is 0.261 e. The summed E-state index contributed by atoms with van der Waals surface area (Å²) < 4.78 is 27.3. The molecule has 0 aromatic heterocycles. The number of sulfonamides is 1. The Morgan fingerprint density at radius 2 is 1.81 bits per heavy atom. The third kappa shape index (κ3) is 3.82. The first kappa shape index (κ1) is 18.3. The molecule has 0 radical (unpaired) electrons. The van der Waals surface area contributed by atoms with E-state index >= 15 is 0 Å². The number of rotatable bonds is 5. The van der Waals surface area contributed by atoms with Gasteiger partial charge in [-0.15, -0.1) is 0 Å². The van der Waals surface area contributed by atoms with Crippen molar-refractivity contribution in [2.24, 2.45) is 11.8 Å². The molecule has 2 fully saturated rings. The molecule has 27 heavy (non-hydrogen) atoms. The van der Waals surface area contributed by atoms with Gasteiger partial charge in [-0.25, -0.2) is 8.42 Å². The highest BCUT2D eigenvalue weighted by atomic mass is 35.5. The van der Waals surface area contributed by atoms with Crippen molar-refractivity contribution >= 4 is 33.2 Å². The van der Waals surface area contributed by atoms with Crippen LogP contribution in [-0.2, 0) is 10.0 Å². The summed E-state index contributed by atoms with van der Waals surface area (Å²) >= 11 is 6.27. The Morgan fingerprint density at radius 3 is 2.44 bits per heavy atom. The molecule has 5 nitrogen and oxygen atoms in total. The maximum absolute atomic E-state index is 12.6. The summed E-state index contributed by atoms with van der Waals surface area (Å²) in [5.74, 6) is 1.12. The third-order valence-electron chi connectivity index (χ3n) is 5.57. The number of nitrogens with one attached hydrogen (secondary N) is 2. The molecule has 0 unspecified atom stereocenters. The largest absolute Gasteiger partial charge is 0.349 e. The van der Waals surface area contributed by atoms with Crippen molar-refractivity contribution in [2.45, 2.75) is 36.6 Å². The molecule has 2 aromatic carbocycles. The first-order chi connectivity index (χ1) is 12.9. The van der Waals surface area contributed by atoms with E-state index in [4.69, 9.17) is 11.6 Å². The van der Waals surface area contributed by atoms with Crippen LogP contribution in [0.15, 0.2) is 53.4 Å². The summed E-state index contributed by atoms with van der Waals surface area (Å²) in [6, 6.07) is 12.9. The van der Waals surface area contributed by atoms with Gasteiger partial charge in [-0.3, -0.25) is 9.52 Å². The SMILES string of the molecule is O=C(N[C@@H]1C[C@H]2CC[C@H]1C2)c1ccc(NS(=O)(=O)c2ccccc2)cc1Cl. The second-order valence-electron chi connectivity index (χ2n) is 7.37. The monoisotopic (exact) mass is 404 g/mol. The van der Waals surface area contributed by atoms with Gasteiger partial charge in [0.25, 0.3) is 15.9 Å². The molecule has 2 aromatic rings. The molecule has 142 valence electrons. The Hall–Kier alpha value is -2.05. The third-order valence-corrected chi connectivity index (χ3v) is 7.28. The molecule has 2 N–H and O–H groups in total. The van der Waals surface area contributed by atoms with Gasteiger partial charge in [-0.05, 0) is 61.4 Å². The summed E-state index contributed by atoms with van der Waals surface area (Å²) in [6.45, 7) is 0. The first-order valence-electron chi connectivity index (χ1n) is 9.10. The molecule has 2 aliphatic rings. The Bertz CT molecular complexity index is 962. The van der Waals surface area contributed by atoms with E-state index in [1.54, 1.807) is 30.3 Å². The zero-order chi connectivity index (χ0) is 19.0. The average molecular weight is 405 g/mol. The van der Waals surface area contributed by atoms with Gasteiger partial charge in [0.2, 0.25) is 0 Å². The van der Waals surface area contributed by atoms with Crippen molar-refractivity contribution in [1.29, 1.82) is 0 Å². The first-order valence-corrected chi connectivity index (χ1v) is 11.0. The normalized spacial score (nSPS) is 24.0. The summed E-state index contributed by atoms with van der Waals surface area (Å²) in [5, 5.41) is 3.32. The van der Waals surface area contributed by atoms with Crippen molar-refractivity contribution in [2.75, 3.05) is 4.72 Å². The minimum Gasteiger partial charge on any atom is -0.349 e. The van der Waals surface area contributed by atoms with Gasteiger partial charge in [-0.1, -0.05) is 36.2 Å². The molecule has 0 aliphatic heterocycles. The fourth-order valence-corrected chi connectivity index (χ4v) is 5.58. The summed E-state index contributed by atoms with van der Waals surface area (Å²) in [5.41, 5.74) is 0.683. The van der Waals surface area contributed by atoms with E-state index in [-0.39, 0.29) is 21.9 Å². The number of hydrogen-bond donors (Lipinski definition) is 2. The molecule has 2 saturated carbocycles. The smallest absolute Gasteiger partial charge is 0.261 e. The van der Waals surface area contributed by atoms with E-state index in [0.29, 0.717) is 17.2 Å². The van der Waals surface area contributed by atoms with Crippen molar-refractivity contribution in [3.8, 4) is 0 Å². The van der Waals surface area contributed by atoms with Crippen LogP contribution >= 0.6 is 11.6 Å². The van der Waals surface area contributed by atoms with Crippen LogP contribution in [0.1, 0.15) is 36.0 Å². The molecule has 1 amide bonds. The zero-order valence-corrected chi connectivity index (χ0v) is 16.3. The Labute approximate surface area is 164 Å². The highest BCUT2D eigenvalue weighted by molar-refractivity contribution is 7.92. The molecule has 0 saturated heterocycles. The lowest BCUT2D eigenvalue weighted by atomic mass is 9.95. The lowest BCUT2D eigenvalue weighted by Gasteiger charge is -2.23. The summed E-state index contributed by atoms with van der Waals surface area (Å²) in [7, 11) is -3.70. The van der Waals surface area contributed by atoms with Crippen LogP contribution < -0.4 is 10.0 Å². The van der Waals surface area contributed by atoms with Crippen LogP contribution in [0.3, 0.4) is 0 Å². The molecule has 2 bridgehead atoms. The van der Waals surface area contributed by atoms with E-state index in [2.05, 4.69) is 10.0 Å². The van der Waals surface area contributed by atoms with Gasteiger partial charge in [0, 0.05) is 6.04 Å². The number of fused-ring (bicyclic) bond motifs is 2. The predicted octanol–water partition coefficient (Wildman–Crippen LogP) is 4.06. The van der Waals surface area contributed by atoms with Crippen molar-refractivity contribution in [3.63, 3.8) is 0 Å². The standard InChI is InChI=1S/C20H21ClN2O3S/c21-18-12-15(23-27(25,26)16-4-2-1-3-5-16)8-9-17(18)20(24)22-19-11-13-6-7-14(19)10-13/h1-5,8-9,12-14,19,23H,6-7,10-11H2,(H,22,24)/t13-,14-,19+/m0/s1. The molecule has 0 spiro atoms. The maximum atomic E-state index is 12.6. The minimum absolute atomic E-state index is 0.166. The highest BCUT2D eigenvalue weighted by Crippen LogP contribution is 2.44. The fourth-order valence-electron chi connectivity index (χ4n) is 4.24. The van der Waals surface area contributed by atoms with Crippen LogP contribution in [-0.4, -0.2) is 20.4 Å². The molecule has 0 heterocycles. The molecular weight excluding hydrogens is 384 g/mol. The highest BCUT2D eigenvalue weighted by Gasteiger charge is 2.40. The van der Waals surface area contributed by atoms with E-state index in [9.17, 15) is 13.2 Å². The average Bonchev–Trinajstić information content (AvgIpc) is 3.25. The van der Waals surface area contributed by atoms with Crippen LogP contribution in [0.5, 0.6) is 0 Å². The second kappa shape index (κ2) is 7.17. The van der Waals surface area contributed by atoms with E-state index in [0.717, 1.165) is 12.3 Å². The zero-order valence-electron chi connectivity index (χ0n) is 14.7. The van der Waals surface area contributed by atoms with Gasteiger partial charge < -0.3 is 5.32 Å². The lowest BCUT2D eigenvalue weighted by molar-refractivity contribution is 0.0923. The molecular formula is C20H21ClN2O3S. The number of carbonyl (C=O) groups excluding carboxylic acids is 1. The van der Waals surface area contributed by atoms with Gasteiger partial charge in [0.1, 0.15) is 0 Å². The second-order valence-corrected chi connectivity index (χ2v) is 9.46. The van der Waals surface area contributed by atoms with Crippen LogP contribution in [0.4, 0.5) is 5.69 Å². The molecule has 4 rings (SSSR count). The van der Waals surface area contributed by atoms with Gasteiger partial charge in [0.05, 0.1) is 21.2 Å². The summed E-state index contributed by atoms with van der Waals surface area (Å²) in [4.78, 5) is 12.7.